The molecule has 1 aromatic heterocycles. The summed E-state index contributed by atoms with van der Waals surface area (Å²) < 4.78 is 1.58. The number of carbonyl (C=O) groups is 1. The van der Waals surface area contributed by atoms with Crippen LogP contribution in [0.5, 0.6) is 0 Å². The van der Waals surface area contributed by atoms with Gasteiger partial charge in [0.2, 0.25) is 5.91 Å². The van der Waals surface area contributed by atoms with Crippen LogP contribution in [0, 0.1) is 6.92 Å². The van der Waals surface area contributed by atoms with Crippen LogP contribution < -0.4 is 5.32 Å². The maximum atomic E-state index is 12.5. The molecule has 0 spiro atoms. The Balaban J connectivity index is 1.71. The molecule has 2 aromatic carbocycles. The zero-order chi connectivity index (χ0) is 17.8. The van der Waals surface area contributed by atoms with Crippen LogP contribution in [0.4, 0.5) is 5.69 Å². The van der Waals surface area contributed by atoms with E-state index in [1.165, 1.54) is 6.33 Å². The summed E-state index contributed by atoms with van der Waals surface area (Å²) in [5, 5.41) is 14.1. The van der Waals surface area contributed by atoms with Gasteiger partial charge in [-0.3, -0.25) is 4.79 Å². The number of aromatic nitrogens is 4. The fourth-order valence-corrected chi connectivity index (χ4v) is 2.76. The number of amides is 1. The first kappa shape index (κ1) is 16.8. The van der Waals surface area contributed by atoms with Crippen LogP contribution in [0.2, 0.25) is 0 Å². The zero-order valence-corrected chi connectivity index (χ0v) is 14.6. The monoisotopic (exact) mass is 335 g/mol. The summed E-state index contributed by atoms with van der Waals surface area (Å²) in [6.45, 7) is 6.27. The normalized spacial score (nSPS) is 10.9. The van der Waals surface area contributed by atoms with Crippen molar-refractivity contribution in [3.63, 3.8) is 0 Å². The second kappa shape index (κ2) is 7.25. The second-order valence-electron chi connectivity index (χ2n) is 6.34. The van der Waals surface area contributed by atoms with Crippen molar-refractivity contribution in [3.05, 3.63) is 65.5 Å². The standard InChI is InChI=1S/C19H21N5O/c1-13(2)17-6-4-5-14(3)19(17)21-18(25)11-15-7-9-16(10-8-15)24-12-20-22-23-24/h4-10,12-13H,11H2,1-3H3,(H,21,25). The van der Waals surface area contributed by atoms with Crippen LogP contribution in [0.1, 0.15) is 36.5 Å². The number of hydrogen-bond donors (Lipinski definition) is 1. The Morgan fingerprint density at radius 3 is 2.56 bits per heavy atom. The lowest BCUT2D eigenvalue weighted by molar-refractivity contribution is -0.115. The fraction of sp³-hybridized carbons (Fsp3) is 0.263. The Morgan fingerprint density at radius 1 is 1.16 bits per heavy atom. The lowest BCUT2D eigenvalue weighted by atomic mass is 9.98. The van der Waals surface area contributed by atoms with Crippen molar-refractivity contribution in [1.29, 1.82) is 0 Å². The summed E-state index contributed by atoms with van der Waals surface area (Å²) in [6.07, 6.45) is 1.86. The summed E-state index contributed by atoms with van der Waals surface area (Å²) in [5.74, 6) is 0.331. The van der Waals surface area contributed by atoms with Gasteiger partial charge in [0.1, 0.15) is 6.33 Å². The van der Waals surface area contributed by atoms with Crippen molar-refractivity contribution in [2.75, 3.05) is 5.32 Å². The van der Waals surface area contributed by atoms with E-state index < -0.39 is 0 Å². The average Bonchev–Trinajstić information content (AvgIpc) is 3.11. The number of nitrogens with zero attached hydrogens (tertiary/aromatic N) is 4. The van der Waals surface area contributed by atoms with E-state index in [1.807, 2.05) is 43.3 Å². The molecule has 0 unspecified atom stereocenters. The number of benzene rings is 2. The molecule has 0 saturated heterocycles. The van der Waals surface area contributed by atoms with E-state index in [2.05, 4.69) is 40.8 Å². The number of para-hydroxylation sites is 1. The third-order valence-electron chi connectivity index (χ3n) is 4.11. The summed E-state index contributed by atoms with van der Waals surface area (Å²) in [4.78, 5) is 12.5. The molecule has 3 aromatic rings. The summed E-state index contributed by atoms with van der Waals surface area (Å²) in [5.41, 5.74) is 4.95. The van der Waals surface area contributed by atoms with Gasteiger partial charge < -0.3 is 5.32 Å². The molecule has 6 nitrogen and oxygen atoms in total. The van der Waals surface area contributed by atoms with Crippen LogP contribution in [0.15, 0.2) is 48.8 Å². The van der Waals surface area contributed by atoms with Crippen molar-refractivity contribution in [3.8, 4) is 5.69 Å². The minimum Gasteiger partial charge on any atom is -0.325 e. The smallest absolute Gasteiger partial charge is 0.228 e. The number of hydrogen-bond acceptors (Lipinski definition) is 4. The molecule has 0 radical (unpaired) electrons. The van der Waals surface area contributed by atoms with E-state index >= 15 is 0 Å². The highest BCUT2D eigenvalue weighted by atomic mass is 16.1. The van der Waals surface area contributed by atoms with Crippen molar-refractivity contribution in [1.82, 2.24) is 20.2 Å². The Hall–Kier alpha value is -3.02. The number of rotatable bonds is 5. The molecule has 1 heterocycles. The molecular weight excluding hydrogens is 314 g/mol. The molecular formula is C19H21N5O. The minimum absolute atomic E-state index is 0.0219. The number of anilines is 1. The molecule has 0 saturated carbocycles. The highest BCUT2D eigenvalue weighted by molar-refractivity contribution is 5.93. The van der Waals surface area contributed by atoms with E-state index in [-0.39, 0.29) is 5.91 Å². The molecule has 6 heteroatoms. The van der Waals surface area contributed by atoms with E-state index in [0.717, 1.165) is 28.1 Å². The Morgan fingerprint density at radius 2 is 1.92 bits per heavy atom. The number of tetrazole rings is 1. The van der Waals surface area contributed by atoms with Gasteiger partial charge in [0.05, 0.1) is 12.1 Å². The van der Waals surface area contributed by atoms with Crippen LogP contribution in [0.25, 0.3) is 5.69 Å². The van der Waals surface area contributed by atoms with Gasteiger partial charge in [-0.1, -0.05) is 44.2 Å². The molecule has 128 valence electrons. The first-order chi connectivity index (χ1) is 12.0. The number of carbonyl (C=O) groups excluding carboxylic acids is 1. The van der Waals surface area contributed by atoms with Crippen LogP contribution >= 0.6 is 0 Å². The quantitative estimate of drug-likeness (QED) is 0.776. The van der Waals surface area contributed by atoms with Crippen molar-refractivity contribution in [2.24, 2.45) is 0 Å². The Bertz CT molecular complexity index is 854. The van der Waals surface area contributed by atoms with Crippen LogP contribution in [0.3, 0.4) is 0 Å². The third kappa shape index (κ3) is 3.91. The summed E-state index contributed by atoms with van der Waals surface area (Å²) in [7, 11) is 0. The maximum Gasteiger partial charge on any atom is 0.228 e. The second-order valence-corrected chi connectivity index (χ2v) is 6.34. The highest BCUT2D eigenvalue weighted by Crippen LogP contribution is 2.27. The molecule has 1 amide bonds. The van der Waals surface area contributed by atoms with Crippen molar-refractivity contribution < 1.29 is 4.79 Å². The molecule has 0 atom stereocenters. The van der Waals surface area contributed by atoms with Gasteiger partial charge in [0.25, 0.3) is 0 Å². The largest absolute Gasteiger partial charge is 0.325 e. The van der Waals surface area contributed by atoms with Gasteiger partial charge in [-0.2, -0.15) is 0 Å². The van der Waals surface area contributed by atoms with Crippen LogP contribution in [-0.2, 0) is 11.2 Å². The zero-order valence-electron chi connectivity index (χ0n) is 14.6. The minimum atomic E-state index is -0.0219. The summed E-state index contributed by atoms with van der Waals surface area (Å²) >= 11 is 0. The lowest BCUT2D eigenvalue weighted by Gasteiger charge is -2.16. The first-order valence-electron chi connectivity index (χ1n) is 8.26. The molecule has 1 N–H and O–H groups in total. The maximum absolute atomic E-state index is 12.5. The highest BCUT2D eigenvalue weighted by Gasteiger charge is 2.12. The average molecular weight is 335 g/mol. The lowest BCUT2D eigenvalue weighted by Crippen LogP contribution is -2.17. The topological polar surface area (TPSA) is 72.7 Å². The molecule has 0 fully saturated rings. The van der Waals surface area contributed by atoms with Gasteiger partial charge in [-0.25, -0.2) is 4.68 Å². The molecule has 0 aliphatic carbocycles. The fourth-order valence-electron chi connectivity index (χ4n) is 2.76. The van der Waals surface area contributed by atoms with Crippen molar-refractivity contribution in [2.45, 2.75) is 33.1 Å². The van der Waals surface area contributed by atoms with E-state index in [1.54, 1.807) is 4.68 Å². The Kier molecular flexibility index (Phi) is 4.88. The third-order valence-corrected chi connectivity index (χ3v) is 4.11. The molecule has 3 rings (SSSR count). The van der Waals surface area contributed by atoms with E-state index in [0.29, 0.717) is 12.3 Å². The first-order valence-corrected chi connectivity index (χ1v) is 8.26. The van der Waals surface area contributed by atoms with Gasteiger partial charge in [-0.15, -0.1) is 5.10 Å². The molecule has 0 aliphatic rings. The van der Waals surface area contributed by atoms with Gasteiger partial charge in [0.15, 0.2) is 0 Å². The molecule has 25 heavy (non-hydrogen) atoms. The van der Waals surface area contributed by atoms with Crippen LogP contribution in [-0.4, -0.2) is 26.1 Å². The molecule has 0 bridgehead atoms. The van der Waals surface area contributed by atoms with Gasteiger partial charge in [-0.05, 0) is 52.1 Å². The van der Waals surface area contributed by atoms with E-state index in [4.69, 9.17) is 0 Å². The number of nitrogens with one attached hydrogen (secondary N) is 1. The van der Waals surface area contributed by atoms with E-state index in [9.17, 15) is 4.79 Å². The summed E-state index contributed by atoms with van der Waals surface area (Å²) in [6, 6.07) is 13.7. The predicted molar refractivity (Wildman–Crippen MR) is 96.8 cm³/mol. The van der Waals surface area contributed by atoms with Gasteiger partial charge in [0, 0.05) is 5.69 Å². The van der Waals surface area contributed by atoms with Gasteiger partial charge >= 0.3 is 0 Å². The molecule has 0 aliphatic heterocycles. The SMILES string of the molecule is Cc1cccc(C(C)C)c1NC(=O)Cc1ccc(-n2cnnn2)cc1. The predicted octanol–water partition coefficient (Wildman–Crippen LogP) is 3.28. The number of aryl methyl sites for hydroxylation is 1. The Labute approximate surface area is 146 Å². The van der Waals surface area contributed by atoms with Crippen molar-refractivity contribution >= 4 is 11.6 Å².